The number of methoxy groups -OCH3 is 1. The number of hydrogen-bond acceptors (Lipinski definition) is 7. The zero-order valence-corrected chi connectivity index (χ0v) is 15.4. The second-order valence-corrected chi connectivity index (χ2v) is 5.88. The fraction of sp³-hybridized carbons (Fsp3) is 0.562. The van der Waals surface area contributed by atoms with Crippen molar-refractivity contribution in [1.29, 1.82) is 0 Å². The molecule has 0 aliphatic carbocycles. The highest BCUT2D eigenvalue weighted by atomic mass is 35.5. The van der Waals surface area contributed by atoms with Crippen molar-refractivity contribution in [3.05, 3.63) is 33.9 Å². The van der Waals surface area contributed by atoms with Gasteiger partial charge in [-0.1, -0.05) is 6.07 Å². The number of ether oxygens (including phenoxy) is 2. The molecule has 1 aliphatic rings. The van der Waals surface area contributed by atoms with E-state index in [0.717, 1.165) is 18.7 Å². The number of esters is 1. The summed E-state index contributed by atoms with van der Waals surface area (Å²) in [6.45, 7) is 6.32. The summed E-state index contributed by atoms with van der Waals surface area (Å²) in [7, 11) is 1.23. The van der Waals surface area contributed by atoms with Crippen molar-refractivity contribution in [3.63, 3.8) is 0 Å². The number of nitrogens with one attached hydrogen (secondary N) is 1. The van der Waals surface area contributed by atoms with Gasteiger partial charge in [0.2, 0.25) is 0 Å². The molecule has 2 rings (SSSR count). The summed E-state index contributed by atoms with van der Waals surface area (Å²) in [6, 6.07) is 5.54. The molecule has 0 bridgehead atoms. The van der Waals surface area contributed by atoms with Gasteiger partial charge in [-0.3, -0.25) is 15.0 Å². The topological polar surface area (TPSA) is 93.9 Å². The molecular weight excluding hydrogens is 350 g/mol. The average molecular weight is 374 g/mol. The molecule has 0 spiro atoms. The number of carbonyl (C=O) groups is 1. The van der Waals surface area contributed by atoms with E-state index in [4.69, 9.17) is 4.74 Å². The van der Waals surface area contributed by atoms with Crippen molar-refractivity contribution in [1.82, 2.24) is 10.2 Å². The van der Waals surface area contributed by atoms with Gasteiger partial charge in [0.05, 0.1) is 12.0 Å². The molecule has 0 aromatic heterocycles. The van der Waals surface area contributed by atoms with Gasteiger partial charge in [-0.15, -0.1) is 12.4 Å². The van der Waals surface area contributed by atoms with Crippen LogP contribution in [0.5, 0.6) is 5.75 Å². The van der Waals surface area contributed by atoms with Crippen molar-refractivity contribution in [2.45, 2.75) is 32.5 Å². The lowest BCUT2D eigenvalue weighted by atomic mass is 10.1. The lowest BCUT2D eigenvalue weighted by molar-refractivity contribution is -0.385. The van der Waals surface area contributed by atoms with Crippen LogP contribution >= 0.6 is 12.4 Å². The maximum Gasteiger partial charge on any atom is 0.343 e. The van der Waals surface area contributed by atoms with E-state index in [0.29, 0.717) is 18.6 Å². The molecule has 1 aromatic rings. The van der Waals surface area contributed by atoms with E-state index in [2.05, 4.69) is 28.8 Å². The molecule has 2 unspecified atom stereocenters. The largest absolute Gasteiger partial charge is 0.475 e. The third-order valence-electron chi connectivity index (χ3n) is 4.34. The summed E-state index contributed by atoms with van der Waals surface area (Å²) in [4.78, 5) is 24.2. The Kier molecular flexibility index (Phi) is 8.08. The highest BCUT2D eigenvalue weighted by Crippen LogP contribution is 2.29. The van der Waals surface area contributed by atoms with Crippen LogP contribution in [0.15, 0.2) is 18.2 Å². The number of carbonyl (C=O) groups excluding carboxylic acids is 1. The van der Waals surface area contributed by atoms with Crippen LogP contribution in [0.4, 0.5) is 5.69 Å². The second kappa shape index (κ2) is 9.55. The lowest BCUT2D eigenvalue weighted by Crippen LogP contribution is -2.54. The van der Waals surface area contributed by atoms with E-state index in [9.17, 15) is 14.9 Å². The maximum absolute atomic E-state index is 11.3. The summed E-state index contributed by atoms with van der Waals surface area (Å²) >= 11 is 0. The van der Waals surface area contributed by atoms with Gasteiger partial charge < -0.3 is 14.8 Å². The minimum atomic E-state index is -0.586. The summed E-state index contributed by atoms with van der Waals surface area (Å²) in [5, 5.41) is 14.7. The molecule has 8 nitrogen and oxygen atoms in total. The average Bonchev–Trinajstić information content (AvgIpc) is 2.57. The van der Waals surface area contributed by atoms with Crippen LogP contribution in [-0.2, 0) is 16.1 Å². The predicted octanol–water partition coefficient (Wildman–Crippen LogP) is 1.75. The van der Waals surface area contributed by atoms with Crippen molar-refractivity contribution < 1.29 is 19.2 Å². The Bertz CT molecular complexity index is 613. The van der Waals surface area contributed by atoms with Crippen molar-refractivity contribution in [3.8, 4) is 5.75 Å². The van der Waals surface area contributed by atoms with Gasteiger partial charge in [-0.2, -0.15) is 0 Å². The first kappa shape index (κ1) is 21.1. The van der Waals surface area contributed by atoms with Crippen LogP contribution < -0.4 is 10.1 Å². The molecule has 140 valence electrons. The molecule has 1 N–H and O–H groups in total. The minimum Gasteiger partial charge on any atom is -0.475 e. The molecular formula is C16H24ClN3O5. The van der Waals surface area contributed by atoms with E-state index in [1.165, 1.54) is 19.2 Å². The Hall–Kier alpha value is -1.90. The van der Waals surface area contributed by atoms with Gasteiger partial charge in [0.25, 0.3) is 0 Å². The molecule has 1 heterocycles. The fourth-order valence-electron chi connectivity index (χ4n) is 2.71. The van der Waals surface area contributed by atoms with Gasteiger partial charge in [0, 0.05) is 37.8 Å². The third kappa shape index (κ3) is 5.55. The van der Waals surface area contributed by atoms with E-state index in [1.54, 1.807) is 6.07 Å². The molecule has 1 fully saturated rings. The monoisotopic (exact) mass is 373 g/mol. The Labute approximate surface area is 153 Å². The van der Waals surface area contributed by atoms with Crippen LogP contribution in [0.1, 0.15) is 19.4 Å². The normalized spacial score (nSPS) is 20.4. The molecule has 2 atom stereocenters. The van der Waals surface area contributed by atoms with Gasteiger partial charge >= 0.3 is 11.7 Å². The maximum atomic E-state index is 11.3. The standard InChI is InChI=1S/C16H23N3O5.ClH/c1-11-12(2)18(7-6-17-11)9-13-4-5-15(14(8-13)19(21)22)24-10-16(20)23-3;/h4-5,8,11-12,17H,6-7,9-10H2,1-3H3;1H. The molecule has 9 heteroatoms. The van der Waals surface area contributed by atoms with Gasteiger partial charge in [-0.05, 0) is 25.5 Å². The number of nitro groups is 1. The molecule has 1 aromatic carbocycles. The number of halogens is 1. The van der Waals surface area contributed by atoms with Gasteiger partial charge in [0.15, 0.2) is 12.4 Å². The highest BCUT2D eigenvalue weighted by Gasteiger charge is 2.25. The van der Waals surface area contributed by atoms with Crippen LogP contribution in [0, 0.1) is 10.1 Å². The smallest absolute Gasteiger partial charge is 0.343 e. The Morgan fingerprint density at radius 2 is 2.16 bits per heavy atom. The predicted molar refractivity (Wildman–Crippen MR) is 95.2 cm³/mol. The van der Waals surface area contributed by atoms with E-state index in [1.807, 2.05) is 0 Å². The van der Waals surface area contributed by atoms with Gasteiger partial charge in [-0.25, -0.2) is 4.79 Å². The first-order valence-electron chi connectivity index (χ1n) is 7.86. The Balaban J connectivity index is 0.00000312. The van der Waals surface area contributed by atoms with Crippen molar-refractivity contribution in [2.24, 2.45) is 0 Å². The quantitative estimate of drug-likeness (QED) is 0.461. The minimum absolute atomic E-state index is 0. The lowest BCUT2D eigenvalue weighted by Gasteiger charge is -2.38. The molecule has 0 amide bonds. The number of nitrogens with zero attached hydrogens (tertiary/aromatic N) is 2. The zero-order valence-electron chi connectivity index (χ0n) is 14.6. The zero-order chi connectivity index (χ0) is 17.7. The molecule has 0 radical (unpaired) electrons. The summed E-state index contributed by atoms with van der Waals surface area (Å²) < 4.78 is 9.67. The molecule has 0 saturated carbocycles. The van der Waals surface area contributed by atoms with E-state index in [-0.39, 0.29) is 30.5 Å². The van der Waals surface area contributed by atoms with Gasteiger partial charge in [0.1, 0.15) is 0 Å². The molecule has 1 saturated heterocycles. The van der Waals surface area contributed by atoms with Crippen LogP contribution in [0.25, 0.3) is 0 Å². The van der Waals surface area contributed by atoms with Crippen LogP contribution in [0.3, 0.4) is 0 Å². The second-order valence-electron chi connectivity index (χ2n) is 5.88. The third-order valence-corrected chi connectivity index (χ3v) is 4.34. The van der Waals surface area contributed by atoms with Crippen molar-refractivity contribution >= 4 is 24.1 Å². The van der Waals surface area contributed by atoms with E-state index >= 15 is 0 Å². The van der Waals surface area contributed by atoms with Crippen LogP contribution in [0.2, 0.25) is 0 Å². The number of hydrogen-bond donors (Lipinski definition) is 1. The fourth-order valence-corrected chi connectivity index (χ4v) is 2.71. The number of benzene rings is 1. The Morgan fingerprint density at radius 1 is 1.44 bits per heavy atom. The number of rotatable bonds is 6. The first-order valence-corrected chi connectivity index (χ1v) is 7.86. The highest BCUT2D eigenvalue weighted by molar-refractivity contribution is 5.85. The van der Waals surface area contributed by atoms with Crippen molar-refractivity contribution in [2.75, 3.05) is 26.8 Å². The molecule has 1 aliphatic heterocycles. The van der Waals surface area contributed by atoms with E-state index < -0.39 is 10.9 Å². The summed E-state index contributed by atoms with van der Waals surface area (Å²) in [6.07, 6.45) is 0. The summed E-state index contributed by atoms with van der Waals surface area (Å²) in [5.41, 5.74) is 0.695. The van der Waals surface area contributed by atoms with Crippen LogP contribution in [-0.4, -0.2) is 54.7 Å². The summed E-state index contributed by atoms with van der Waals surface area (Å²) in [5.74, 6) is -0.520. The molecule has 25 heavy (non-hydrogen) atoms. The number of piperazine rings is 1. The first-order chi connectivity index (χ1) is 11.4. The SMILES string of the molecule is COC(=O)COc1ccc(CN2CCNC(C)C2C)cc1[N+](=O)[O-].Cl. The number of nitro benzene ring substituents is 1. The Morgan fingerprint density at radius 3 is 2.80 bits per heavy atom.